The van der Waals surface area contributed by atoms with Crippen LogP contribution in [-0.4, -0.2) is 40.2 Å². The van der Waals surface area contributed by atoms with Gasteiger partial charge in [0.25, 0.3) is 0 Å². The number of fused-ring (bicyclic) bond motifs is 1. The number of ether oxygens (including phenoxy) is 1. The Balaban J connectivity index is 1.87. The minimum atomic E-state index is -1.20. The number of ketones is 1. The van der Waals surface area contributed by atoms with Crippen LogP contribution >= 0.6 is 23.1 Å². The van der Waals surface area contributed by atoms with E-state index in [0.29, 0.717) is 21.0 Å². The number of benzene rings is 2. The Kier molecular flexibility index (Phi) is 5.98. The van der Waals surface area contributed by atoms with E-state index in [1.165, 1.54) is 31.4 Å². The zero-order chi connectivity index (χ0) is 23.0. The molecular weight excluding hydrogens is 457 g/mol. The highest BCUT2D eigenvalue weighted by Crippen LogP contribution is 2.50. The molecule has 0 saturated heterocycles. The summed E-state index contributed by atoms with van der Waals surface area (Å²) in [5.41, 5.74) is 1.03. The Bertz CT molecular complexity index is 1250. The molecule has 1 aliphatic heterocycles. The first-order valence-electron chi connectivity index (χ1n) is 9.40. The molecule has 0 radical (unpaired) electrons. The largest absolute Gasteiger partial charge is 0.480 e. The molecule has 0 fully saturated rings. The first-order valence-corrected chi connectivity index (χ1v) is 11.1. The molecule has 164 valence electrons. The number of thiazole rings is 1. The van der Waals surface area contributed by atoms with Crippen molar-refractivity contribution < 1.29 is 28.6 Å². The van der Waals surface area contributed by atoms with E-state index < -0.39 is 40.6 Å². The maximum absolute atomic E-state index is 13.5. The summed E-state index contributed by atoms with van der Waals surface area (Å²) in [7, 11) is 1.26. The first kappa shape index (κ1) is 22.0. The van der Waals surface area contributed by atoms with E-state index >= 15 is 0 Å². The van der Waals surface area contributed by atoms with E-state index in [1.54, 1.807) is 12.1 Å². The number of carboxylic acid groups (broad SMARTS) is 1. The number of rotatable bonds is 5. The number of aromatic amines is 1. The summed E-state index contributed by atoms with van der Waals surface area (Å²) in [5, 5.41) is 9.13. The van der Waals surface area contributed by atoms with Crippen LogP contribution in [0.1, 0.15) is 37.1 Å². The number of hydrogen-bond donors (Lipinski definition) is 2. The van der Waals surface area contributed by atoms with Crippen molar-refractivity contribution in [3.05, 3.63) is 85.6 Å². The summed E-state index contributed by atoms with van der Waals surface area (Å²) < 4.78 is 18.1. The number of methoxy groups -OCH3 is 1. The summed E-state index contributed by atoms with van der Waals surface area (Å²) in [6.07, 6.45) is 0. The van der Waals surface area contributed by atoms with Crippen molar-refractivity contribution in [2.75, 3.05) is 7.11 Å². The predicted molar refractivity (Wildman–Crippen MR) is 116 cm³/mol. The fourth-order valence-corrected chi connectivity index (χ4v) is 6.18. The monoisotopic (exact) mass is 473 g/mol. The molecule has 0 saturated carbocycles. The van der Waals surface area contributed by atoms with E-state index in [4.69, 9.17) is 4.74 Å². The van der Waals surface area contributed by atoms with Gasteiger partial charge in [-0.1, -0.05) is 35.2 Å². The number of hydrogen-bond acceptors (Lipinski definition) is 7. The zero-order valence-electron chi connectivity index (χ0n) is 16.5. The third-order valence-electron chi connectivity index (χ3n) is 5.22. The number of carbonyl (C=O) groups is 3. The molecule has 0 amide bonds. The number of thioether (sulfide) groups is 1. The highest BCUT2D eigenvalue weighted by Gasteiger charge is 2.47. The normalized spacial score (nSPS) is 19.8. The van der Waals surface area contributed by atoms with Gasteiger partial charge in [-0.15, -0.1) is 0 Å². The van der Waals surface area contributed by atoms with Crippen LogP contribution in [0.3, 0.4) is 0 Å². The van der Waals surface area contributed by atoms with Crippen LogP contribution in [0.4, 0.5) is 4.39 Å². The second-order valence-corrected chi connectivity index (χ2v) is 9.24. The molecule has 32 heavy (non-hydrogen) atoms. The van der Waals surface area contributed by atoms with Crippen LogP contribution in [0.25, 0.3) is 0 Å². The number of Topliss-reactive ketones (excluding diaryl/α,β-unsaturated/α-hetero) is 1. The highest BCUT2D eigenvalue weighted by molar-refractivity contribution is 8.00. The first-order chi connectivity index (χ1) is 15.3. The molecule has 10 heteroatoms. The standard InChI is InChI=1S/C22H16FNO6S2/c1-30-21(28)12-4-2-10(3-5-12)14-15(16(25)11-6-8-13(23)9-7-11)18(20(26)27)31-19-17(14)32-22(29)24-19/h2-9,14-15,18H,1H3,(H,24,29)(H,26,27)/t14-,15+,18+/m0/s1. The van der Waals surface area contributed by atoms with Crippen molar-refractivity contribution in [3.8, 4) is 0 Å². The molecule has 1 aliphatic rings. The summed E-state index contributed by atoms with van der Waals surface area (Å²) in [6, 6.07) is 11.2. The van der Waals surface area contributed by atoms with Crippen LogP contribution in [0.2, 0.25) is 0 Å². The summed E-state index contributed by atoms with van der Waals surface area (Å²) in [6.45, 7) is 0. The van der Waals surface area contributed by atoms with Crippen molar-refractivity contribution >= 4 is 40.8 Å². The molecule has 3 aromatic rings. The maximum atomic E-state index is 13.5. The molecule has 0 unspecified atom stereocenters. The number of nitrogens with one attached hydrogen (secondary N) is 1. The predicted octanol–water partition coefficient (Wildman–Crippen LogP) is 3.55. The van der Waals surface area contributed by atoms with E-state index in [2.05, 4.69) is 4.98 Å². The van der Waals surface area contributed by atoms with Crippen molar-refractivity contribution in [2.45, 2.75) is 16.2 Å². The van der Waals surface area contributed by atoms with Gasteiger partial charge in [0.05, 0.1) is 23.6 Å². The van der Waals surface area contributed by atoms with Gasteiger partial charge < -0.3 is 14.8 Å². The number of aromatic nitrogens is 1. The number of esters is 1. The van der Waals surface area contributed by atoms with Crippen molar-refractivity contribution in [3.63, 3.8) is 0 Å². The number of carbonyl (C=O) groups excluding carboxylic acids is 2. The fraction of sp³-hybridized carbons (Fsp3) is 0.182. The van der Waals surface area contributed by atoms with E-state index in [1.807, 2.05) is 0 Å². The summed E-state index contributed by atoms with van der Waals surface area (Å²) >= 11 is 1.83. The van der Waals surface area contributed by atoms with Crippen LogP contribution in [0.15, 0.2) is 58.4 Å². The lowest BCUT2D eigenvalue weighted by Crippen LogP contribution is -2.39. The third-order valence-corrected chi connectivity index (χ3v) is 7.62. The molecule has 1 aromatic heterocycles. The molecule has 7 nitrogen and oxygen atoms in total. The topological polar surface area (TPSA) is 114 Å². The van der Waals surface area contributed by atoms with Gasteiger partial charge in [0.2, 0.25) is 0 Å². The number of H-pyrrole nitrogens is 1. The van der Waals surface area contributed by atoms with E-state index in [0.717, 1.165) is 35.2 Å². The number of carboxylic acids is 1. The smallest absolute Gasteiger partial charge is 0.337 e. The lowest BCUT2D eigenvalue weighted by atomic mass is 9.77. The van der Waals surface area contributed by atoms with Gasteiger partial charge >= 0.3 is 16.8 Å². The van der Waals surface area contributed by atoms with Gasteiger partial charge in [-0.3, -0.25) is 14.4 Å². The van der Waals surface area contributed by atoms with Crippen LogP contribution in [0.5, 0.6) is 0 Å². The van der Waals surface area contributed by atoms with Crippen LogP contribution in [0, 0.1) is 11.7 Å². The average Bonchev–Trinajstić information content (AvgIpc) is 3.17. The second kappa shape index (κ2) is 8.71. The molecular formula is C22H16FNO6S2. The number of halogens is 1. The van der Waals surface area contributed by atoms with Gasteiger partial charge in [-0.25, -0.2) is 9.18 Å². The fourth-order valence-electron chi connectivity index (χ4n) is 3.76. The minimum absolute atomic E-state index is 0.172. The molecule has 2 heterocycles. The van der Waals surface area contributed by atoms with E-state index in [-0.39, 0.29) is 10.4 Å². The van der Waals surface area contributed by atoms with Gasteiger partial charge in [0.1, 0.15) is 11.1 Å². The highest BCUT2D eigenvalue weighted by atomic mass is 32.2. The molecule has 0 bridgehead atoms. The molecule has 4 rings (SSSR count). The lowest BCUT2D eigenvalue weighted by molar-refractivity contribution is -0.137. The zero-order valence-corrected chi connectivity index (χ0v) is 18.2. The summed E-state index contributed by atoms with van der Waals surface area (Å²) in [5.74, 6) is -4.55. The van der Waals surface area contributed by atoms with Gasteiger partial charge in [0, 0.05) is 16.4 Å². The Morgan fingerprint density at radius 1 is 1.03 bits per heavy atom. The van der Waals surface area contributed by atoms with Gasteiger partial charge in [-0.2, -0.15) is 0 Å². The molecule has 2 N–H and O–H groups in total. The Hall–Kier alpha value is -3.24. The SMILES string of the molecule is COC(=O)c1ccc([C@@H]2c3sc(=O)[nH]c3S[C@@H](C(=O)O)[C@H]2C(=O)c2ccc(F)cc2)cc1. The molecule has 2 aromatic carbocycles. The van der Waals surface area contributed by atoms with Crippen LogP contribution < -0.4 is 4.87 Å². The molecule has 3 atom stereocenters. The Morgan fingerprint density at radius 3 is 2.25 bits per heavy atom. The van der Waals surface area contributed by atoms with Crippen molar-refractivity contribution in [2.24, 2.45) is 5.92 Å². The van der Waals surface area contributed by atoms with E-state index in [9.17, 15) is 28.7 Å². The second-order valence-electron chi connectivity index (χ2n) is 7.07. The molecule has 0 aliphatic carbocycles. The van der Waals surface area contributed by atoms with Crippen molar-refractivity contribution in [1.82, 2.24) is 4.98 Å². The number of aliphatic carboxylic acids is 1. The maximum Gasteiger partial charge on any atom is 0.337 e. The quantitative estimate of drug-likeness (QED) is 0.430. The molecule has 0 spiro atoms. The van der Waals surface area contributed by atoms with Crippen LogP contribution in [-0.2, 0) is 9.53 Å². The van der Waals surface area contributed by atoms with Crippen molar-refractivity contribution in [1.29, 1.82) is 0 Å². The average molecular weight is 474 g/mol. The summed E-state index contributed by atoms with van der Waals surface area (Å²) in [4.78, 5) is 52.4. The lowest BCUT2D eigenvalue weighted by Gasteiger charge is -2.34. The Morgan fingerprint density at radius 2 is 1.66 bits per heavy atom. The van der Waals surface area contributed by atoms with Gasteiger partial charge in [-0.05, 0) is 42.0 Å². The third kappa shape index (κ3) is 3.98. The minimum Gasteiger partial charge on any atom is -0.480 e. The van der Waals surface area contributed by atoms with Gasteiger partial charge in [0.15, 0.2) is 5.78 Å². The Labute approximate surface area is 189 Å².